The third kappa shape index (κ3) is 1.86. The highest BCUT2D eigenvalue weighted by atomic mass is 16.5. The van der Waals surface area contributed by atoms with Crippen LogP contribution in [0.2, 0.25) is 0 Å². The Labute approximate surface area is 93.4 Å². The van der Waals surface area contributed by atoms with E-state index in [9.17, 15) is 4.79 Å². The Morgan fingerprint density at radius 2 is 2.25 bits per heavy atom. The molecule has 0 unspecified atom stereocenters. The quantitative estimate of drug-likeness (QED) is 0.742. The highest BCUT2D eigenvalue weighted by molar-refractivity contribution is 5.91. The van der Waals surface area contributed by atoms with Gasteiger partial charge in [0.2, 0.25) is 0 Å². The van der Waals surface area contributed by atoms with Gasteiger partial charge in [-0.05, 0) is 19.1 Å². The Morgan fingerprint density at radius 1 is 1.44 bits per heavy atom. The molecule has 2 aromatic rings. The summed E-state index contributed by atoms with van der Waals surface area (Å²) in [6.07, 6.45) is 3.59. The predicted molar refractivity (Wildman–Crippen MR) is 59.9 cm³/mol. The zero-order valence-electron chi connectivity index (χ0n) is 9.27. The summed E-state index contributed by atoms with van der Waals surface area (Å²) in [5.74, 6) is 0.464. The first kappa shape index (κ1) is 10.5. The predicted octanol–water partition coefficient (Wildman–Crippen LogP) is 2.12. The van der Waals surface area contributed by atoms with Gasteiger partial charge in [0, 0.05) is 24.0 Å². The molecule has 0 fully saturated rings. The molecule has 0 radical (unpaired) electrons. The topological polar surface area (TPSA) is 39.9 Å². The van der Waals surface area contributed by atoms with Crippen LogP contribution in [0, 0.1) is 0 Å². The average molecular weight is 219 g/mol. The molecule has 16 heavy (non-hydrogen) atoms. The van der Waals surface area contributed by atoms with E-state index < -0.39 is 0 Å². The van der Waals surface area contributed by atoms with Crippen LogP contribution < -0.4 is 4.74 Å². The first-order chi connectivity index (χ1) is 7.74. The molecule has 0 saturated heterocycles. The smallest absolute Gasteiger partial charge is 0.339 e. The molecule has 0 bridgehead atoms. The normalized spacial score (nSPS) is 10.4. The molecule has 0 aliphatic heterocycles. The minimum atomic E-state index is -0.301. The summed E-state index contributed by atoms with van der Waals surface area (Å²) in [5, 5.41) is 0. The van der Waals surface area contributed by atoms with Gasteiger partial charge in [0.25, 0.3) is 0 Å². The molecule has 2 aromatic heterocycles. The van der Waals surface area contributed by atoms with Crippen LogP contribution in [0.3, 0.4) is 0 Å². The van der Waals surface area contributed by atoms with Gasteiger partial charge in [-0.25, -0.2) is 4.79 Å². The molecule has 0 aliphatic carbocycles. The average Bonchev–Trinajstić information content (AvgIpc) is 2.71. The molecular weight excluding hydrogens is 206 g/mol. The van der Waals surface area contributed by atoms with Crippen molar-refractivity contribution in [3.8, 4) is 5.75 Å². The second-order valence-corrected chi connectivity index (χ2v) is 3.35. The fraction of sp³-hybridized carbons (Fsp3) is 0.250. The summed E-state index contributed by atoms with van der Waals surface area (Å²) < 4.78 is 11.9. The van der Waals surface area contributed by atoms with E-state index in [4.69, 9.17) is 9.47 Å². The van der Waals surface area contributed by atoms with Crippen molar-refractivity contribution in [3.05, 3.63) is 36.2 Å². The van der Waals surface area contributed by atoms with E-state index in [1.54, 1.807) is 26.3 Å². The van der Waals surface area contributed by atoms with Crippen LogP contribution in [-0.4, -0.2) is 24.1 Å². The summed E-state index contributed by atoms with van der Waals surface area (Å²) in [5.41, 5.74) is 1.46. The summed E-state index contributed by atoms with van der Waals surface area (Å²) in [6.45, 7) is 2.17. The Kier molecular flexibility index (Phi) is 2.81. The van der Waals surface area contributed by atoms with Crippen LogP contribution in [0.15, 0.2) is 30.6 Å². The van der Waals surface area contributed by atoms with Gasteiger partial charge in [0.15, 0.2) is 0 Å². The number of carbonyl (C=O) groups is 1. The number of pyridine rings is 1. The van der Waals surface area contributed by atoms with Gasteiger partial charge in [0.05, 0.1) is 19.3 Å². The monoisotopic (exact) mass is 219 g/mol. The summed E-state index contributed by atoms with van der Waals surface area (Å²) in [4.78, 5) is 11.5. The number of nitrogens with zero attached hydrogens (tertiary/aromatic N) is 1. The Balaban J connectivity index is 2.39. The first-order valence-corrected chi connectivity index (χ1v) is 5.07. The molecule has 0 aliphatic rings. The van der Waals surface area contributed by atoms with Gasteiger partial charge in [0.1, 0.15) is 5.75 Å². The van der Waals surface area contributed by atoms with Crippen LogP contribution in [0.4, 0.5) is 0 Å². The van der Waals surface area contributed by atoms with Crippen molar-refractivity contribution in [2.45, 2.75) is 6.92 Å². The molecule has 0 aromatic carbocycles. The number of ether oxygens (including phenoxy) is 2. The number of rotatable bonds is 3. The molecule has 0 saturated carbocycles. The largest absolute Gasteiger partial charge is 0.497 e. The number of aromatic nitrogens is 1. The molecule has 0 spiro atoms. The maximum Gasteiger partial charge on any atom is 0.339 e. The van der Waals surface area contributed by atoms with Crippen molar-refractivity contribution in [2.75, 3.05) is 13.7 Å². The Hall–Kier alpha value is -1.97. The fourth-order valence-electron chi connectivity index (χ4n) is 1.54. The van der Waals surface area contributed by atoms with Gasteiger partial charge in [-0.1, -0.05) is 0 Å². The number of carbonyl (C=O) groups excluding carboxylic acids is 1. The molecule has 0 atom stereocenters. The number of hydrogen-bond acceptors (Lipinski definition) is 3. The van der Waals surface area contributed by atoms with Crippen LogP contribution in [0.1, 0.15) is 17.3 Å². The lowest BCUT2D eigenvalue weighted by molar-refractivity contribution is 0.0526. The third-order valence-corrected chi connectivity index (χ3v) is 2.32. The lowest BCUT2D eigenvalue weighted by Crippen LogP contribution is -2.02. The molecule has 4 heteroatoms. The van der Waals surface area contributed by atoms with Crippen LogP contribution in [0.25, 0.3) is 5.52 Å². The zero-order chi connectivity index (χ0) is 11.5. The van der Waals surface area contributed by atoms with E-state index in [1.165, 1.54) is 0 Å². The maximum atomic E-state index is 11.5. The van der Waals surface area contributed by atoms with Crippen LogP contribution in [-0.2, 0) is 4.74 Å². The van der Waals surface area contributed by atoms with Gasteiger partial charge in [-0.3, -0.25) is 0 Å². The van der Waals surface area contributed by atoms with Crippen molar-refractivity contribution in [2.24, 2.45) is 0 Å². The number of fused-ring (bicyclic) bond motifs is 1. The number of esters is 1. The first-order valence-electron chi connectivity index (χ1n) is 5.07. The Morgan fingerprint density at radius 3 is 2.94 bits per heavy atom. The van der Waals surface area contributed by atoms with E-state index in [1.807, 2.05) is 22.7 Å². The summed E-state index contributed by atoms with van der Waals surface area (Å²) in [6, 6.07) is 5.48. The van der Waals surface area contributed by atoms with E-state index in [2.05, 4.69) is 0 Å². The maximum absolute atomic E-state index is 11.5. The SMILES string of the molecule is CCOC(=O)c1cc2cc(OC)ccn2c1. The standard InChI is InChI=1S/C12H13NO3/c1-3-16-12(14)9-6-10-7-11(15-2)4-5-13(10)8-9/h4-8H,3H2,1-2H3. The lowest BCUT2D eigenvalue weighted by Gasteiger charge is -1.99. The fourth-order valence-corrected chi connectivity index (χ4v) is 1.54. The van der Waals surface area contributed by atoms with Crippen LogP contribution in [0.5, 0.6) is 5.75 Å². The van der Waals surface area contributed by atoms with E-state index in [0.29, 0.717) is 12.2 Å². The van der Waals surface area contributed by atoms with Crippen molar-refractivity contribution in [1.29, 1.82) is 0 Å². The summed E-state index contributed by atoms with van der Waals surface area (Å²) in [7, 11) is 1.61. The number of methoxy groups -OCH3 is 1. The molecule has 2 heterocycles. The molecule has 0 N–H and O–H groups in total. The Bertz CT molecular complexity index is 516. The van der Waals surface area contributed by atoms with Crippen molar-refractivity contribution in [3.63, 3.8) is 0 Å². The molecular formula is C12H13NO3. The van der Waals surface area contributed by atoms with Gasteiger partial charge < -0.3 is 13.9 Å². The van der Waals surface area contributed by atoms with Crippen molar-refractivity contribution < 1.29 is 14.3 Å². The number of hydrogen-bond donors (Lipinski definition) is 0. The minimum absolute atomic E-state index is 0.301. The van der Waals surface area contributed by atoms with Gasteiger partial charge in [-0.15, -0.1) is 0 Å². The lowest BCUT2D eigenvalue weighted by atomic mass is 10.3. The molecule has 4 nitrogen and oxygen atoms in total. The second kappa shape index (κ2) is 4.26. The molecule has 0 amide bonds. The van der Waals surface area contributed by atoms with Crippen molar-refractivity contribution in [1.82, 2.24) is 4.40 Å². The van der Waals surface area contributed by atoms with Crippen molar-refractivity contribution >= 4 is 11.5 Å². The van der Waals surface area contributed by atoms with E-state index in [0.717, 1.165) is 11.3 Å². The van der Waals surface area contributed by atoms with Gasteiger partial charge >= 0.3 is 5.97 Å². The second-order valence-electron chi connectivity index (χ2n) is 3.35. The summed E-state index contributed by atoms with van der Waals surface area (Å²) >= 11 is 0. The van der Waals surface area contributed by atoms with Crippen LogP contribution >= 0.6 is 0 Å². The highest BCUT2D eigenvalue weighted by Gasteiger charge is 2.09. The highest BCUT2D eigenvalue weighted by Crippen LogP contribution is 2.17. The molecule has 84 valence electrons. The van der Waals surface area contributed by atoms with E-state index in [-0.39, 0.29) is 5.97 Å². The third-order valence-electron chi connectivity index (χ3n) is 2.32. The minimum Gasteiger partial charge on any atom is -0.497 e. The van der Waals surface area contributed by atoms with Gasteiger partial charge in [-0.2, -0.15) is 0 Å². The zero-order valence-corrected chi connectivity index (χ0v) is 9.27. The van der Waals surface area contributed by atoms with E-state index >= 15 is 0 Å². The molecule has 2 rings (SSSR count).